The van der Waals surface area contributed by atoms with Crippen LogP contribution >= 0.6 is 11.3 Å². The largest absolute Gasteiger partial charge is 0.490 e. The lowest BCUT2D eigenvalue weighted by molar-refractivity contribution is -0.192. The Labute approximate surface area is 292 Å². The van der Waals surface area contributed by atoms with Gasteiger partial charge in [-0.1, -0.05) is 43.3 Å². The lowest BCUT2D eigenvalue weighted by Gasteiger charge is -2.29. The second-order valence-corrected chi connectivity index (χ2v) is 14.4. The maximum Gasteiger partial charge on any atom is 0.490 e. The number of piperidine rings is 1. The summed E-state index contributed by atoms with van der Waals surface area (Å²) in [6.07, 6.45) is -4.49. The van der Waals surface area contributed by atoms with E-state index in [9.17, 15) is 27.9 Å². The van der Waals surface area contributed by atoms with Crippen LogP contribution in [0.5, 0.6) is 0 Å². The molecule has 272 valence electrons. The van der Waals surface area contributed by atoms with Crippen LogP contribution in [0.4, 0.5) is 19.0 Å². The highest BCUT2D eigenvalue weighted by molar-refractivity contribution is 7.13. The second kappa shape index (κ2) is 15.5. The third-order valence-electron chi connectivity index (χ3n) is 9.64. The molecule has 0 bridgehead atoms. The number of nitrogens with one attached hydrogen (secondary N) is 2. The van der Waals surface area contributed by atoms with Crippen LogP contribution in [-0.2, 0) is 14.4 Å². The normalized spacial score (nSPS) is 23.2. The number of aliphatic hydroxyl groups excluding tert-OH is 1. The Morgan fingerprint density at radius 1 is 1.10 bits per heavy atom. The quantitative estimate of drug-likeness (QED) is 0.263. The zero-order valence-corrected chi connectivity index (χ0v) is 29.1. The van der Waals surface area contributed by atoms with Crippen LogP contribution in [0.15, 0.2) is 40.4 Å². The van der Waals surface area contributed by atoms with E-state index >= 15 is 0 Å². The van der Waals surface area contributed by atoms with Gasteiger partial charge in [0.05, 0.1) is 28.2 Å². The fourth-order valence-corrected chi connectivity index (χ4v) is 7.76. The number of benzene rings is 1. The first-order chi connectivity index (χ1) is 23.6. The molecule has 3 aliphatic rings. The van der Waals surface area contributed by atoms with Gasteiger partial charge < -0.3 is 35.2 Å². The molecule has 1 aromatic carbocycles. The molecule has 2 amide bonds. The standard InChI is InChI=1S/C32H42N6O4S.C2HF3O2/c1-18(2)29(27-12-28(36-42-27)37-14-23-9-10-33-13-24(23)15-37)32(41)38-16-25(39)11-26(38)31(40)35-19(3)21-5-7-22(8-6-21)30-20(4)34-17-43-30;3-2(4,5)1(6)7/h5-8,12,17-19,23-26,29,33,39H,9-11,13-16H2,1-4H3,(H,35,40);(H,6,7)/t19?,23-,24+,25+,26-,29?;/m0./s1. The maximum atomic E-state index is 14.0. The Bertz CT molecular complexity index is 1630. The predicted octanol–water partition coefficient (Wildman–Crippen LogP) is 4.36. The third kappa shape index (κ3) is 8.46. The topological polar surface area (TPSA) is 161 Å². The number of alkyl halides is 3. The number of hydrogen-bond acceptors (Lipinski definition) is 10. The van der Waals surface area contributed by atoms with Crippen LogP contribution in [0.25, 0.3) is 10.4 Å². The number of aromatic nitrogens is 2. The minimum absolute atomic E-state index is 0.0836. The number of rotatable bonds is 8. The van der Waals surface area contributed by atoms with Gasteiger partial charge in [0.15, 0.2) is 11.6 Å². The number of aryl methyl sites for hydroxylation is 1. The number of β-amino-alcohol motifs (C(OH)–C–C–N with tert-alkyl or cyclic N) is 1. The fourth-order valence-electron chi connectivity index (χ4n) is 6.95. The monoisotopic (exact) mass is 720 g/mol. The van der Waals surface area contributed by atoms with Crippen molar-refractivity contribution in [1.82, 2.24) is 25.7 Å². The van der Waals surface area contributed by atoms with Crippen LogP contribution in [-0.4, -0.2) is 94.1 Å². The Balaban J connectivity index is 0.000000630. The summed E-state index contributed by atoms with van der Waals surface area (Å²) >= 11 is 1.60. The zero-order valence-electron chi connectivity index (χ0n) is 28.3. The van der Waals surface area contributed by atoms with Crippen molar-refractivity contribution in [2.75, 3.05) is 37.6 Å². The van der Waals surface area contributed by atoms with Gasteiger partial charge in [-0.2, -0.15) is 13.2 Å². The van der Waals surface area contributed by atoms with Gasteiger partial charge in [0.1, 0.15) is 12.0 Å². The van der Waals surface area contributed by atoms with Crippen molar-refractivity contribution in [2.24, 2.45) is 17.8 Å². The summed E-state index contributed by atoms with van der Waals surface area (Å²) in [5, 5.41) is 28.6. The molecular weight excluding hydrogens is 677 g/mol. The summed E-state index contributed by atoms with van der Waals surface area (Å²) in [4.78, 5) is 45.7. The molecule has 4 N–H and O–H groups in total. The van der Waals surface area contributed by atoms with E-state index in [1.54, 1.807) is 11.3 Å². The predicted molar refractivity (Wildman–Crippen MR) is 179 cm³/mol. The SMILES string of the molecule is Cc1ncsc1-c1ccc(C(C)NC(=O)[C@@H]2C[C@@H](O)CN2C(=O)C(c2cc(N3C[C@H]4CNCC[C@H]4C3)no2)C(C)C)cc1.O=C(O)C(F)(F)F. The molecular formula is C34H43F3N6O6S. The average molecular weight is 721 g/mol. The Morgan fingerprint density at radius 3 is 2.38 bits per heavy atom. The van der Waals surface area contributed by atoms with Gasteiger partial charge in [0, 0.05) is 32.1 Å². The molecule has 6 rings (SSSR count). The molecule has 5 heterocycles. The van der Waals surface area contributed by atoms with E-state index in [1.807, 2.05) is 63.5 Å². The summed E-state index contributed by atoms with van der Waals surface area (Å²) < 4.78 is 37.5. The van der Waals surface area contributed by atoms with Crippen LogP contribution in [0.2, 0.25) is 0 Å². The van der Waals surface area contributed by atoms with Crippen molar-refractivity contribution >= 4 is 34.9 Å². The fraction of sp³-hybridized carbons (Fsp3) is 0.559. The van der Waals surface area contributed by atoms with Gasteiger partial charge >= 0.3 is 12.1 Å². The number of fused-ring (bicyclic) bond motifs is 1. The van der Waals surface area contributed by atoms with Crippen molar-refractivity contribution in [3.05, 3.63) is 52.9 Å². The van der Waals surface area contributed by atoms with E-state index in [4.69, 9.17) is 14.4 Å². The van der Waals surface area contributed by atoms with Gasteiger partial charge in [-0.05, 0) is 62.2 Å². The number of thiazole rings is 1. The molecule has 2 unspecified atom stereocenters. The first kappa shape index (κ1) is 37.2. The molecule has 6 atom stereocenters. The number of nitrogens with zero attached hydrogens (tertiary/aromatic N) is 4. The van der Waals surface area contributed by atoms with Crippen molar-refractivity contribution in [3.63, 3.8) is 0 Å². The van der Waals surface area contributed by atoms with E-state index in [1.165, 1.54) is 4.90 Å². The highest BCUT2D eigenvalue weighted by Crippen LogP contribution is 2.36. The molecule has 50 heavy (non-hydrogen) atoms. The number of carbonyl (C=O) groups excluding carboxylic acids is 2. The number of halogens is 3. The summed E-state index contributed by atoms with van der Waals surface area (Å²) in [6, 6.07) is 8.97. The second-order valence-electron chi connectivity index (χ2n) is 13.5. The molecule has 12 nitrogen and oxygen atoms in total. The number of carboxylic acids is 1. The van der Waals surface area contributed by atoms with Gasteiger partial charge in [0.25, 0.3) is 0 Å². The number of aliphatic hydroxyl groups is 1. The summed E-state index contributed by atoms with van der Waals surface area (Å²) in [5.41, 5.74) is 4.89. The first-order valence-electron chi connectivity index (χ1n) is 16.7. The van der Waals surface area contributed by atoms with E-state index in [0.29, 0.717) is 17.6 Å². The molecule has 16 heteroatoms. The van der Waals surface area contributed by atoms with Crippen molar-refractivity contribution in [3.8, 4) is 10.4 Å². The van der Waals surface area contributed by atoms with Crippen LogP contribution in [0, 0.1) is 24.7 Å². The number of likely N-dealkylation sites (tertiary alicyclic amines) is 1. The van der Waals surface area contributed by atoms with Crippen LogP contribution in [0.3, 0.4) is 0 Å². The molecule has 0 aliphatic carbocycles. The third-order valence-corrected chi connectivity index (χ3v) is 10.6. The molecule has 0 saturated carbocycles. The number of anilines is 1. The number of carbonyl (C=O) groups is 3. The molecule has 0 spiro atoms. The van der Waals surface area contributed by atoms with Gasteiger partial charge in [-0.25, -0.2) is 9.78 Å². The summed E-state index contributed by atoms with van der Waals surface area (Å²) in [7, 11) is 0. The van der Waals surface area contributed by atoms with E-state index < -0.39 is 30.2 Å². The van der Waals surface area contributed by atoms with E-state index in [0.717, 1.165) is 60.1 Å². The number of amides is 2. The Kier molecular flexibility index (Phi) is 11.5. The maximum absolute atomic E-state index is 14.0. The van der Waals surface area contributed by atoms with Gasteiger partial charge in [-0.15, -0.1) is 11.3 Å². The molecule has 3 aromatic rings. The highest BCUT2D eigenvalue weighted by atomic mass is 32.1. The average Bonchev–Trinajstić information content (AvgIpc) is 3.87. The molecule has 0 radical (unpaired) electrons. The summed E-state index contributed by atoms with van der Waals surface area (Å²) in [6.45, 7) is 11.9. The van der Waals surface area contributed by atoms with Gasteiger partial charge in [0.2, 0.25) is 11.8 Å². The summed E-state index contributed by atoms with van der Waals surface area (Å²) in [5.74, 6) is -1.40. The van der Waals surface area contributed by atoms with Gasteiger partial charge in [-0.3, -0.25) is 9.59 Å². The Hall–Kier alpha value is -4.02. The molecule has 2 aromatic heterocycles. The van der Waals surface area contributed by atoms with Crippen molar-refractivity contribution in [2.45, 2.75) is 70.8 Å². The van der Waals surface area contributed by atoms with Crippen molar-refractivity contribution in [1.29, 1.82) is 0 Å². The minimum atomic E-state index is -5.08. The number of aliphatic carboxylic acids is 1. The number of carboxylic acid groups (broad SMARTS) is 1. The first-order valence-corrected chi connectivity index (χ1v) is 17.5. The molecule has 3 aliphatic heterocycles. The highest BCUT2D eigenvalue weighted by Gasteiger charge is 2.44. The van der Waals surface area contributed by atoms with Crippen LogP contribution < -0.4 is 15.5 Å². The molecule has 3 saturated heterocycles. The minimum Gasteiger partial charge on any atom is -0.475 e. The van der Waals surface area contributed by atoms with Crippen molar-refractivity contribution < 1.29 is 42.3 Å². The van der Waals surface area contributed by atoms with E-state index in [-0.39, 0.29) is 36.7 Å². The van der Waals surface area contributed by atoms with Crippen LogP contribution in [0.1, 0.15) is 62.6 Å². The number of hydrogen-bond donors (Lipinski definition) is 4. The lowest BCUT2D eigenvalue weighted by Crippen LogP contribution is -2.48. The Morgan fingerprint density at radius 2 is 1.78 bits per heavy atom. The molecule has 3 fully saturated rings. The zero-order chi connectivity index (χ0) is 36.3. The lowest BCUT2D eigenvalue weighted by atomic mass is 9.90. The van der Waals surface area contributed by atoms with E-state index in [2.05, 4.69) is 25.7 Å². The smallest absolute Gasteiger partial charge is 0.475 e.